The van der Waals surface area contributed by atoms with E-state index in [2.05, 4.69) is 15.6 Å². The fourth-order valence-electron chi connectivity index (χ4n) is 4.79. The maximum absolute atomic E-state index is 12.6. The number of halogens is 2. The molecule has 1 aromatic heterocycles. The Kier molecular flexibility index (Phi) is 8.16. The molecular weight excluding hydrogens is 491 g/mol. The summed E-state index contributed by atoms with van der Waals surface area (Å²) in [5.74, 6) is 0.0438. The van der Waals surface area contributed by atoms with E-state index in [1.54, 1.807) is 36.4 Å². The third-order valence-electron chi connectivity index (χ3n) is 6.89. The molecule has 3 N–H and O–H groups in total. The summed E-state index contributed by atoms with van der Waals surface area (Å²) in [4.78, 5) is 30.9. The molecule has 2 fully saturated rings. The van der Waals surface area contributed by atoms with Crippen molar-refractivity contribution >= 4 is 35.0 Å². The number of ether oxygens (including phenoxy) is 1. The number of carbonyl (C=O) groups is 2. The lowest BCUT2D eigenvalue weighted by Gasteiger charge is -2.37. The third kappa shape index (κ3) is 6.25. The quantitative estimate of drug-likeness (QED) is 0.518. The van der Waals surface area contributed by atoms with Crippen LogP contribution in [0.25, 0.3) is 0 Å². The van der Waals surface area contributed by atoms with Crippen LogP contribution in [0.3, 0.4) is 0 Å². The average Bonchev–Trinajstić information content (AvgIpc) is 3.34. The standard InChI is InChI=1S/C25H30Cl2N4O4/c1-35-22-5-3-17(13-28-22)25(34)9-6-18(7-10-25)30-19-8-11-31(15-19)23(32)14-29-24(33)16-2-4-20(26)21(27)12-16/h2-5,12-13,18-19,30,34H,6-11,14-15H2,1H3,(H,29,33). The molecule has 1 unspecified atom stereocenters. The molecule has 1 atom stereocenters. The number of benzene rings is 1. The van der Waals surface area contributed by atoms with Gasteiger partial charge in [-0.2, -0.15) is 0 Å². The van der Waals surface area contributed by atoms with Gasteiger partial charge in [0.1, 0.15) is 0 Å². The summed E-state index contributed by atoms with van der Waals surface area (Å²) in [7, 11) is 1.57. The maximum Gasteiger partial charge on any atom is 0.251 e. The highest BCUT2D eigenvalue weighted by Crippen LogP contribution is 2.37. The van der Waals surface area contributed by atoms with E-state index >= 15 is 0 Å². The molecule has 188 valence electrons. The fraction of sp³-hybridized carbons (Fsp3) is 0.480. The summed E-state index contributed by atoms with van der Waals surface area (Å²) in [6, 6.07) is 8.74. The second-order valence-electron chi connectivity index (χ2n) is 9.20. The molecule has 2 amide bonds. The van der Waals surface area contributed by atoms with Gasteiger partial charge in [-0.25, -0.2) is 4.98 Å². The molecule has 1 saturated heterocycles. The second-order valence-corrected chi connectivity index (χ2v) is 10.0. The zero-order valence-electron chi connectivity index (χ0n) is 19.6. The molecule has 0 spiro atoms. The third-order valence-corrected chi connectivity index (χ3v) is 7.63. The lowest BCUT2D eigenvalue weighted by atomic mass is 9.78. The Labute approximate surface area is 215 Å². The molecular formula is C25H30Cl2N4O4. The van der Waals surface area contributed by atoms with Crippen LogP contribution in [0.2, 0.25) is 10.0 Å². The van der Waals surface area contributed by atoms with Gasteiger partial charge in [-0.1, -0.05) is 23.2 Å². The number of rotatable bonds is 7. The molecule has 35 heavy (non-hydrogen) atoms. The molecule has 1 aliphatic carbocycles. The first-order valence-corrected chi connectivity index (χ1v) is 12.5. The number of methoxy groups -OCH3 is 1. The zero-order valence-corrected chi connectivity index (χ0v) is 21.1. The van der Waals surface area contributed by atoms with Gasteiger partial charge in [-0.3, -0.25) is 9.59 Å². The summed E-state index contributed by atoms with van der Waals surface area (Å²) in [5, 5.41) is 18.1. The van der Waals surface area contributed by atoms with Gasteiger partial charge in [0.25, 0.3) is 5.91 Å². The van der Waals surface area contributed by atoms with Crippen LogP contribution in [-0.2, 0) is 10.4 Å². The Balaban J connectivity index is 1.21. The summed E-state index contributed by atoms with van der Waals surface area (Å²) < 4.78 is 5.10. The molecule has 0 radical (unpaired) electrons. The van der Waals surface area contributed by atoms with Crippen LogP contribution in [0, 0.1) is 0 Å². The number of pyridine rings is 1. The largest absolute Gasteiger partial charge is 0.481 e. The van der Waals surface area contributed by atoms with Gasteiger partial charge in [0, 0.05) is 48.6 Å². The van der Waals surface area contributed by atoms with Crippen molar-refractivity contribution in [3.05, 3.63) is 57.7 Å². The highest BCUT2D eigenvalue weighted by Gasteiger charge is 2.36. The van der Waals surface area contributed by atoms with E-state index in [0.29, 0.717) is 47.4 Å². The summed E-state index contributed by atoms with van der Waals surface area (Å²) in [6.45, 7) is 1.18. The van der Waals surface area contributed by atoms with Crippen molar-refractivity contribution in [2.24, 2.45) is 0 Å². The minimum absolute atomic E-state index is 0.0713. The normalized spacial score (nSPS) is 24.3. The number of aromatic nitrogens is 1. The minimum atomic E-state index is -0.873. The molecule has 0 bridgehead atoms. The van der Waals surface area contributed by atoms with Crippen molar-refractivity contribution in [3.8, 4) is 5.88 Å². The molecule has 1 saturated carbocycles. The topological polar surface area (TPSA) is 104 Å². The van der Waals surface area contributed by atoms with Gasteiger partial charge in [-0.15, -0.1) is 0 Å². The van der Waals surface area contributed by atoms with Gasteiger partial charge >= 0.3 is 0 Å². The van der Waals surface area contributed by atoms with Gasteiger partial charge in [0.15, 0.2) is 0 Å². The molecule has 1 aromatic carbocycles. The Morgan fingerprint density at radius 3 is 2.57 bits per heavy atom. The maximum atomic E-state index is 12.6. The van der Waals surface area contributed by atoms with Gasteiger partial charge in [0.05, 0.1) is 29.3 Å². The number of hydrogen-bond donors (Lipinski definition) is 3. The van der Waals surface area contributed by atoms with Crippen molar-refractivity contribution in [1.82, 2.24) is 20.5 Å². The first-order chi connectivity index (χ1) is 16.8. The zero-order chi connectivity index (χ0) is 25.0. The predicted octanol–water partition coefficient (Wildman–Crippen LogP) is 3.15. The smallest absolute Gasteiger partial charge is 0.251 e. The SMILES string of the molecule is COc1ccc(C2(O)CCC(NC3CCN(C(=O)CNC(=O)c4ccc(Cl)c(Cl)c4)C3)CC2)cn1. The molecule has 4 rings (SSSR count). The molecule has 2 heterocycles. The van der Waals surface area contributed by atoms with Crippen molar-refractivity contribution in [2.75, 3.05) is 26.7 Å². The number of nitrogens with zero attached hydrogens (tertiary/aromatic N) is 2. The van der Waals surface area contributed by atoms with E-state index in [1.165, 1.54) is 6.07 Å². The summed E-state index contributed by atoms with van der Waals surface area (Å²) in [5.41, 5.74) is 0.301. The molecule has 8 nitrogen and oxygen atoms in total. The van der Waals surface area contributed by atoms with Crippen molar-refractivity contribution in [2.45, 2.75) is 49.8 Å². The number of amides is 2. The first-order valence-electron chi connectivity index (χ1n) is 11.8. The number of hydrogen-bond acceptors (Lipinski definition) is 6. The Morgan fingerprint density at radius 2 is 1.91 bits per heavy atom. The van der Waals surface area contributed by atoms with Crippen molar-refractivity contribution < 1.29 is 19.4 Å². The minimum Gasteiger partial charge on any atom is -0.481 e. The summed E-state index contributed by atoms with van der Waals surface area (Å²) >= 11 is 11.8. The molecule has 2 aromatic rings. The van der Waals surface area contributed by atoms with Crippen LogP contribution in [0.4, 0.5) is 0 Å². The van der Waals surface area contributed by atoms with E-state index < -0.39 is 5.60 Å². The van der Waals surface area contributed by atoms with E-state index in [9.17, 15) is 14.7 Å². The van der Waals surface area contributed by atoms with Crippen LogP contribution < -0.4 is 15.4 Å². The van der Waals surface area contributed by atoms with Crippen molar-refractivity contribution in [1.29, 1.82) is 0 Å². The van der Waals surface area contributed by atoms with Gasteiger partial charge in [0.2, 0.25) is 11.8 Å². The van der Waals surface area contributed by atoms with Crippen LogP contribution in [-0.4, -0.2) is 65.6 Å². The van der Waals surface area contributed by atoms with E-state index in [4.69, 9.17) is 27.9 Å². The highest BCUT2D eigenvalue weighted by molar-refractivity contribution is 6.42. The van der Waals surface area contributed by atoms with Crippen LogP contribution in [0.5, 0.6) is 5.88 Å². The molecule has 10 heteroatoms. The van der Waals surface area contributed by atoms with Gasteiger partial charge < -0.3 is 25.4 Å². The van der Waals surface area contributed by atoms with E-state index in [1.807, 2.05) is 6.07 Å². The van der Waals surface area contributed by atoms with Crippen LogP contribution in [0.15, 0.2) is 36.5 Å². The first kappa shape index (κ1) is 25.7. The van der Waals surface area contributed by atoms with Crippen LogP contribution in [0.1, 0.15) is 48.0 Å². The van der Waals surface area contributed by atoms with Gasteiger partial charge in [-0.05, 0) is 56.4 Å². The Bertz CT molecular complexity index is 1060. The number of nitrogens with one attached hydrogen (secondary N) is 2. The summed E-state index contributed by atoms with van der Waals surface area (Å²) in [6.07, 6.45) is 5.52. The number of likely N-dealkylation sites (tertiary alicyclic amines) is 1. The lowest BCUT2D eigenvalue weighted by Crippen LogP contribution is -2.46. The number of aliphatic hydroxyl groups is 1. The Morgan fingerprint density at radius 1 is 1.14 bits per heavy atom. The lowest BCUT2D eigenvalue weighted by molar-refractivity contribution is -0.129. The second kappa shape index (κ2) is 11.1. The van der Waals surface area contributed by atoms with E-state index in [0.717, 1.165) is 24.8 Å². The fourth-order valence-corrected chi connectivity index (χ4v) is 5.09. The predicted molar refractivity (Wildman–Crippen MR) is 134 cm³/mol. The van der Waals surface area contributed by atoms with Crippen LogP contribution >= 0.6 is 23.2 Å². The van der Waals surface area contributed by atoms with E-state index in [-0.39, 0.29) is 30.4 Å². The average molecular weight is 521 g/mol. The molecule has 1 aliphatic heterocycles. The number of carbonyl (C=O) groups excluding carboxylic acids is 2. The molecule has 2 aliphatic rings. The monoisotopic (exact) mass is 520 g/mol. The Hall–Kier alpha value is -2.39. The highest BCUT2D eigenvalue weighted by atomic mass is 35.5. The van der Waals surface area contributed by atoms with Crippen molar-refractivity contribution in [3.63, 3.8) is 0 Å².